The molecule has 8 heteroatoms. The number of hydrogen-bond acceptors (Lipinski definition) is 6. The Bertz CT molecular complexity index is 272. The van der Waals surface area contributed by atoms with Crippen molar-refractivity contribution in [1.82, 2.24) is 20.6 Å². The summed E-state index contributed by atoms with van der Waals surface area (Å²) in [6, 6.07) is 0. The van der Waals surface area contributed by atoms with Gasteiger partial charge in [-0.3, -0.25) is 10.2 Å². The third kappa shape index (κ3) is 2.40. The normalized spacial score (nSPS) is 9.75. The van der Waals surface area contributed by atoms with Crippen molar-refractivity contribution in [3.05, 3.63) is 0 Å². The van der Waals surface area contributed by atoms with Crippen LogP contribution in [0.5, 0.6) is 0 Å². The molecule has 0 aliphatic carbocycles. The average molecular weight is 188 g/mol. The van der Waals surface area contributed by atoms with E-state index in [1.807, 2.05) is 5.43 Å². The summed E-state index contributed by atoms with van der Waals surface area (Å²) in [5.74, 6) is 4.97. The highest BCUT2D eigenvalue weighted by atomic mass is 32.2. The predicted molar refractivity (Wildman–Crippen MR) is 43.8 cm³/mol. The Kier molecular flexibility index (Phi) is 2.88. The summed E-state index contributed by atoms with van der Waals surface area (Å²) in [6.45, 7) is 0. The maximum Gasteiger partial charge on any atom is 0.244 e. The van der Waals surface area contributed by atoms with Gasteiger partial charge < -0.3 is 5.73 Å². The largest absolute Gasteiger partial charge is 0.368 e. The first-order valence-electron chi connectivity index (χ1n) is 3.02. The van der Waals surface area contributed by atoms with Gasteiger partial charge in [-0.25, -0.2) is 10.9 Å². The lowest BCUT2D eigenvalue weighted by atomic mass is 10.8. The van der Waals surface area contributed by atoms with E-state index in [2.05, 4.69) is 15.2 Å². The van der Waals surface area contributed by atoms with E-state index in [0.29, 0.717) is 5.16 Å². The van der Waals surface area contributed by atoms with E-state index in [9.17, 15) is 4.79 Å². The predicted octanol–water partition coefficient (Wildman–Crippen LogP) is -1.53. The van der Waals surface area contributed by atoms with Gasteiger partial charge in [0.25, 0.3) is 0 Å². The number of hydrogen-bond donors (Lipinski definition) is 4. The van der Waals surface area contributed by atoms with Crippen molar-refractivity contribution in [3.8, 4) is 0 Å². The van der Waals surface area contributed by atoms with E-state index in [1.54, 1.807) is 0 Å². The molecule has 0 radical (unpaired) electrons. The molecule has 0 fully saturated rings. The lowest BCUT2D eigenvalue weighted by Gasteiger charge is -1.94. The van der Waals surface area contributed by atoms with E-state index in [4.69, 9.17) is 11.6 Å². The highest BCUT2D eigenvalue weighted by Crippen LogP contribution is 2.11. The van der Waals surface area contributed by atoms with E-state index < -0.39 is 0 Å². The van der Waals surface area contributed by atoms with E-state index in [1.165, 1.54) is 0 Å². The van der Waals surface area contributed by atoms with Gasteiger partial charge in [0.15, 0.2) is 0 Å². The van der Waals surface area contributed by atoms with Crippen molar-refractivity contribution in [1.29, 1.82) is 0 Å². The topological polar surface area (TPSA) is 123 Å². The van der Waals surface area contributed by atoms with Crippen LogP contribution in [0.3, 0.4) is 0 Å². The first-order valence-corrected chi connectivity index (χ1v) is 4.01. The Morgan fingerprint density at radius 2 is 2.50 bits per heavy atom. The van der Waals surface area contributed by atoms with Crippen LogP contribution in [0.25, 0.3) is 0 Å². The quantitative estimate of drug-likeness (QED) is 0.197. The zero-order chi connectivity index (χ0) is 8.97. The first-order chi connectivity index (χ1) is 5.72. The van der Waals surface area contributed by atoms with Crippen molar-refractivity contribution in [2.24, 2.45) is 5.84 Å². The van der Waals surface area contributed by atoms with Crippen LogP contribution in [0.15, 0.2) is 5.16 Å². The van der Waals surface area contributed by atoms with Crippen LogP contribution in [0.4, 0.5) is 5.95 Å². The van der Waals surface area contributed by atoms with E-state index in [0.717, 1.165) is 11.8 Å². The van der Waals surface area contributed by atoms with Crippen molar-refractivity contribution >= 4 is 23.6 Å². The molecule has 66 valence electrons. The minimum absolute atomic E-state index is 0.174. The van der Waals surface area contributed by atoms with Gasteiger partial charge in [0.1, 0.15) is 0 Å². The number of nitrogens with two attached hydrogens (primary N) is 2. The zero-order valence-electron chi connectivity index (χ0n) is 6.07. The summed E-state index contributed by atoms with van der Waals surface area (Å²) in [4.78, 5) is 14.4. The number of aromatic amines is 1. The molecular formula is C4H8N6OS. The smallest absolute Gasteiger partial charge is 0.244 e. The Morgan fingerprint density at radius 1 is 1.75 bits per heavy atom. The number of H-pyrrole nitrogens is 1. The van der Waals surface area contributed by atoms with Crippen LogP contribution >= 0.6 is 11.8 Å². The number of nitrogen functional groups attached to an aromatic ring is 1. The number of hydrazine groups is 1. The van der Waals surface area contributed by atoms with Crippen molar-refractivity contribution in [2.45, 2.75) is 5.16 Å². The number of aromatic nitrogens is 3. The van der Waals surface area contributed by atoms with E-state index >= 15 is 0 Å². The van der Waals surface area contributed by atoms with Gasteiger partial charge in [-0.1, -0.05) is 11.8 Å². The number of thioether (sulfide) groups is 1. The minimum atomic E-state index is -0.289. The summed E-state index contributed by atoms with van der Waals surface area (Å²) >= 11 is 1.15. The molecule has 6 N–H and O–H groups in total. The Balaban J connectivity index is 2.38. The van der Waals surface area contributed by atoms with Crippen molar-refractivity contribution in [3.63, 3.8) is 0 Å². The monoisotopic (exact) mass is 188 g/mol. The molecule has 1 aromatic heterocycles. The zero-order valence-corrected chi connectivity index (χ0v) is 6.89. The van der Waals surface area contributed by atoms with Crippen LogP contribution in [-0.2, 0) is 4.79 Å². The standard InChI is InChI=1S/C4H8N6OS/c5-3-7-4(10-9-3)12-1-2(11)8-6/h1,6H2,(H,8,11)(H3,5,7,9,10). The first kappa shape index (κ1) is 8.81. The van der Waals surface area contributed by atoms with Crippen LogP contribution in [-0.4, -0.2) is 26.8 Å². The lowest BCUT2D eigenvalue weighted by Crippen LogP contribution is -2.31. The number of anilines is 1. The molecular weight excluding hydrogens is 180 g/mol. The van der Waals surface area contributed by atoms with Crippen LogP contribution < -0.4 is 17.0 Å². The van der Waals surface area contributed by atoms with Gasteiger partial charge in [0.05, 0.1) is 5.75 Å². The molecule has 0 spiro atoms. The van der Waals surface area contributed by atoms with Crippen LogP contribution in [0.2, 0.25) is 0 Å². The molecule has 0 saturated heterocycles. The fourth-order valence-electron chi connectivity index (χ4n) is 0.494. The third-order valence-corrected chi connectivity index (χ3v) is 1.82. The number of amides is 1. The Morgan fingerprint density at radius 3 is 3.00 bits per heavy atom. The summed E-state index contributed by atoms with van der Waals surface area (Å²) in [7, 11) is 0. The summed E-state index contributed by atoms with van der Waals surface area (Å²) in [5.41, 5.74) is 7.23. The summed E-state index contributed by atoms with van der Waals surface area (Å²) in [6.07, 6.45) is 0. The second-order valence-electron chi connectivity index (χ2n) is 1.86. The van der Waals surface area contributed by atoms with E-state index in [-0.39, 0.29) is 17.6 Å². The molecule has 0 aromatic carbocycles. The average Bonchev–Trinajstić information content (AvgIpc) is 2.47. The molecule has 1 amide bonds. The molecule has 0 bridgehead atoms. The van der Waals surface area contributed by atoms with Gasteiger partial charge in [-0.2, -0.15) is 4.98 Å². The molecule has 7 nitrogen and oxygen atoms in total. The van der Waals surface area contributed by atoms with Crippen molar-refractivity contribution in [2.75, 3.05) is 11.5 Å². The molecule has 1 heterocycles. The number of carbonyl (C=O) groups is 1. The molecule has 12 heavy (non-hydrogen) atoms. The Labute approximate surface area is 72.3 Å². The number of rotatable bonds is 3. The van der Waals surface area contributed by atoms with Gasteiger partial charge in [-0.15, -0.1) is 5.10 Å². The number of nitrogens with one attached hydrogen (secondary N) is 2. The maximum absolute atomic E-state index is 10.6. The highest BCUT2D eigenvalue weighted by molar-refractivity contribution is 7.99. The Hall–Kier alpha value is -1.28. The van der Waals surface area contributed by atoms with Gasteiger partial charge in [0.2, 0.25) is 17.0 Å². The number of carbonyl (C=O) groups excluding carboxylic acids is 1. The van der Waals surface area contributed by atoms with Crippen LogP contribution in [0.1, 0.15) is 0 Å². The molecule has 0 aliphatic heterocycles. The molecule has 1 rings (SSSR count). The second-order valence-corrected chi connectivity index (χ2v) is 2.80. The maximum atomic E-state index is 10.6. The molecule has 0 unspecified atom stereocenters. The molecule has 0 saturated carbocycles. The molecule has 0 aliphatic rings. The second kappa shape index (κ2) is 3.93. The fourth-order valence-corrected chi connectivity index (χ4v) is 1.11. The van der Waals surface area contributed by atoms with Gasteiger partial charge in [0, 0.05) is 0 Å². The minimum Gasteiger partial charge on any atom is -0.368 e. The molecule has 1 aromatic rings. The lowest BCUT2D eigenvalue weighted by molar-refractivity contribution is -0.118. The fraction of sp³-hybridized carbons (Fsp3) is 0.250. The SMILES string of the molecule is NNC(=O)CSc1n[nH]c(N)n1. The van der Waals surface area contributed by atoms with Gasteiger partial charge >= 0.3 is 0 Å². The summed E-state index contributed by atoms with van der Waals surface area (Å²) in [5, 5.41) is 6.57. The molecule has 0 atom stereocenters. The van der Waals surface area contributed by atoms with Crippen LogP contribution in [0, 0.1) is 0 Å². The van der Waals surface area contributed by atoms with Gasteiger partial charge in [-0.05, 0) is 0 Å². The third-order valence-electron chi connectivity index (χ3n) is 0.976. The van der Waals surface area contributed by atoms with Crippen molar-refractivity contribution < 1.29 is 4.79 Å². The number of nitrogens with zero attached hydrogens (tertiary/aromatic N) is 2. The highest BCUT2D eigenvalue weighted by Gasteiger charge is 2.04. The summed E-state index contributed by atoms with van der Waals surface area (Å²) < 4.78 is 0.